The molecule has 0 spiro atoms. The summed E-state index contributed by atoms with van der Waals surface area (Å²) in [6.07, 6.45) is 2.00. The number of rotatable bonds is 8. The number of carbonyl (C=O) groups excluding carboxylic acids is 1. The van der Waals surface area contributed by atoms with Gasteiger partial charge in [-0.3, -0.25) is 4.79 Å². The van der Waals surface area contributed by atoms with Gasteiger partial charge in [0.2, 0.25) is 0 Å². The van der Waals surface area contributed by atoms with E-state index in [0.717, 1.165) is 16.8 Å². The van der Waals surface area contributed by atoms with E-state index < -0.39 is 23.7 Å². The van der Waals surface area contributed by atoms with Crippen molar-refractivity contribution in [2.75, 3.05) is 13.2 Å². The molecule has 1 aromatic heterocycles. The van der Waals surface area contributed by atoms with E-state index in [-0.39, 0.29) is 19.6 Å². The van der Waals surface area contributed by atoms with Crippen LogP contribution in [0.15, 0.2) is 97.2 Å². The van der Waals surface area contributed by atoms with Crippen molar-refractivity contribution in [2.24, 2.45) is 0 Å². The van der Waals surface area contributed by atoms with Gasteiger partial charge in [-0.05, 0) is 30.2 Å². The topological polar surface area (TPSA) is 103 Å². The summed E-state index contributed by atoms with van der Waals surface area (Å²) in [7, 11) is 0. The summed E-state index contributed by atoms with van der Waals surface area (Å²) < 4.78 is 12.8. The lowest BCUT2D eigenvalue weighted by atomic mass is 9.97. The number of ether oxygens (including phenoxy) is 2. The Labute approximate surface area is 208 Å². The summed E-state index contributed by atoms with van der Waals surface area (Å²) in [5, 5.41) is 17.6. The molecule has 1 aliphatic heterocycles. The van der Waals surface area contributed by atoms with Crippen LogP contribution in [0.1, 0.15) is 15.9 Å². The summed E-state index contributed by atoms with van der Waals surface area (Å²) in [5.74, 6) is -3.72. The van der Waals surface area contributed by atoms with Crippen molar-refractivity contribution in [2.45, 2.75) is 18.2 Å². The summed E-state index contributed by atoms with van der Waals surface area (Å²) in [4.78, 5) is 25.9. The predicted molar refractivity (Wildman–Crippen MR) is 133 cm³/mol. The minimum Gasteiger partial charge on any atom is -0.477 e. The monoisotopic (exact) mass is 483 g/mol. The van der Waals surface area contributed by atoms with E-state index in [1.807, 2.05) is 72.8 Å². The Morgan fingerprint density at radius 1 is 0.917 bits per heavy atom. The molecule has 0 aliphatic carbocycles. The van der Waals surface area contributed by atoms with Crippen molar-refractivity contribution in [1.29, 1.82) is 0 Å². The molecule has 3 aromatic carbocycles. The Balaban J connectivity index is 1.46. The van der Waals surface area contributed by atoms with Crippen LogP contribution in [0.5, 0.6) is 0 Å². The highest BCUT2D eigenvalue weighted by Gasteiger charge is 2.52. The molecule has 8 nitrogen and oxygen atoms in total. The van der Waals surface area contributed by atoms with Gasteiger partial charge in [-0.1, -0.05) is 72.8 Å². The van der Waals surface area contributed by atoms with Crippen molar-refractivity contribution in [1.82, 2.24) is 15.1 Å². The van der Waals surface area contributed by atoms with Gasteiger partial charge in [0.1, 0.15) is 0 Å². The lowest BCUT2D eigenvalue weighted by molar-refractivity contribution is -0.209. The second-order valence-electron chi connectivity index (χ2n) is 8.41. The molecule has 1 amide bonds. The number of amides is 1. The predicted octanol–water partition coefficient (Wildman–Crippen LogP) is 3.71. The highest BCUT2D eigenvalue weighted by molar-refractivity contribution is 5.98. The summed E-state index contributed by atoms with van der Waals surface area (Å²) >= 11 is 0. The molecule has 0 saturated carbocycles. The lowest BCUT2D eigenvalue weighted by Gasteiger charge is -2.32. The SMILES string of the molecule is O=C(NC(Cc1ccccc1)C1(C(=O)O)OCCO1)c1ccccc1-n1ccc(-c2ccccc2)n1. The molecular weight excluding hydrogens is 458 g/mol. The van der Waals surface area contributed by atoms with Gasteiger partial charge in [-0.25, -0.2) is 9.48 Å². The van der Waals surface area contributed by atoms with Gasteiger partial charge in [0.05, 0.1) is 36.2 Å². The normalized spacial score (nSPS) is 15.3. The van der Waals surface area contributed by atoms with E-state index in [2.05, 4.69) is 10.4 Å². The van der Waals surface area contributed by atoms with Gasteiger partial charge in [0, 0.05) is 11.8 Å². The standard InChI is InChI=1S/C28H25N3O5/c32-26(29-25(19-20-9-3-1-4-10-20)28(27(33)34)35-17-18-36-28)22-13-7-8-14-24(22)31-16-15-23(30-31)21-11-5-2-6-12-21/h1-16,25H,17-19H2,(H,29,32)(H,33,34). The van der Waals surface area contributed by atoms with Crippen LogP contribution in [0.25, 0.3) is 16.9 Å². The Morgan fingerprint density at radius 2 is 1.56 bits per heavy atom. The molecule has 1 aliphatic rings. The molecule has 36 heavy (non-hydrogen) atoms. The van der Waals surface area contributed by atoms with Crippen molar-refractivity contribution in [3.8, 4) is 16.9 Å². The first kappa shape index (κ1) is 23.5. The molecule has 8 heteroatoms. The Morgan fingerprint density at radius 3 is 2.25 bits per heavy atom. The molecule has 0 bridgehead atoms. The molecule has 1 unspecified atom stereocenters. The second kappa shape index (κ2) is 10.2. The number of carboxylic acid groups (broad SMARTS) is 1. The summed E-state index contributed by atoms with van der Waals surface area (Å²) in [6, 6.07) is 27.0. The van der Waals surface area contributed by atoms with Gasteiger partial charge < -0.3 is 19.9 Å². The molecule has 2 N–H and O–H groups in total. The van der Waals surface area contributed by atoms with Crippen LogP contribution in [0, 0.1) is 0 Å². The molecule has 1 saturated heterocycles. The fourth-order valence-corrected chi connectivity index (χ4v) is 4.35. The third-order valence-electron chi connectivity index (χ3n) is 6.12. The number of hydrogen-bond acceptors (Lipinski definition) is 5. The van der Waals surface area contributed by atoms with Crippen LogP contribution in [0.3, 0.4) is 0 Å². The first-order valence-electron chi connectivity index (χ1n) is 11.6. The van der Waals surface area contributed by atoms with Gasteiger partial charge >= 0.3 is 5.97 Å². The molecular formula is C28H25N3O5. The van der Waals surface area contributed by atoms with Crippen LogP contribution >= 0.6 is 0 Å². The number of carbonyl (C=O) groups is 2. The number of benzene rings is 3. The van der Waals surface area contributed by atoms with E-state index in [1.165, 1.54) is 0 Å². The molecule has 182 valence electrons. The molecule has 2 heterocycles. The second-order valence-corrected chi connectivity index (χ2v) is 8.41. The van der Waals surface area contributed by atoms with Gasteiger partial charge in [0.25, 0.3) is 11.7 Å². The number of nitrogens with one attached hydrogen (secondary N) is 1. The molecule has 4 aromatic rings. The van der Waals surface area contributed by atoms with E-state index in [9.17, 15) is 14.7 Å². The average molecular weight is 484 g/mol. The molecule has 5 rings (SSSR count). The smallest absolute Gasteiger partial charge is 0.366 e. The van der Waals surface area contributed by atoms with Crippen LogP contribution in [-0.4, -0.2) is 51.8 Å². The van der Waals surface area contributed by atoms with Crippen molar-refractivity contribution in [3.63, 3.8) is 0 Å². The Bertz CT molecular complexity index is 1350. The number of para-hydroxylation sites is 1. The van der Waals surface area contributed by atoms with Crippen molar-refractivity contribution < 1.29 is 24.2 Å². The highest BCUT2D eigenvalue weighted by atomic mass is 16.8. The Hall–Kier alpha value is -4.27. The molecule has 1 atom stereocenters. The first-order chi connectivity index (χ1) is 17.6. The maximum Gasteiger partial charge on any atom is 0.366 e. The third-order valence-corrected chi connectivity index (χ3v) is 6.12. The van der Waals surface area contributed by atoms with Gasteiger partial charge in [-0.2, -0.15) is 5.10 Å². The van der Waals surface area contributed by atoms with E-state index in [4.69, 9.17) is 9.47 Å². The summed E-state index contributed by atoms with van der Waals surface area (Å²) in [5.41, 5.74) is 3.48. The minimum atomic E-state index is -1.98. The maximum absolute atomic E-state index is 13.6. The van der Waals surface area contributed by atoms with E-state index in [1.54, 1.807) is 29.1 Å². The van der Waals surface area contributed by atoms with E-state index in [0.29, 0.717) is 11.3 Å². The zero-order chi connectivity index (χ0) is 25.0. The summed E-state index contributed by atoms with van der Waals surface area (Å²) in [6.45, 7) is 0.249. The number of hydrogen-bond donors (Lipinski definition) is 2. The van der Waals surface area contributed by atoms with Crippen LogP contribution in [0.2, 0.25) is 0 Å². The van der Waals surface area contributed by atoms with Gasteiger partial charge in [-0.15, -0.1) is 0 Å². The van der Waals surface area contributed by atoms with Crippen molar-refractivity contribution >= 4 is 11.9 Å². The lowest BCUT2D eigenvalue weighted by Crippen LogP contribution is -2.59. The van der Waals surface area contributed by atoms with Crippen molar-refractivity contribution in [3.05, 3.63) is 108 Å². The van der Waals surface area contributed by atoms with Crippen LogP contribution < -0.4 is 5.32 Å². The van der Waals surface area contributed by atoms with Crippen LogP contribution in [0.4, 0.5) is 0 Å². The fourth-order valence-electron chi connectivity index (χ4n) is 4.35. The number of carboxylic acids is 1. The molecule has 0 radical (unpaired) electrons. The third kappa shape index (κ3) is 4.64. The highest BCUT2D eigenvalue weighted by Crippen LogP contribution is 2.28. The average Bonchev–Trinajstić information content (AvgIpc) is 3.61. The maximum atomic E-state index is 13.6. The largest absolute Gasteiger partial charge is 0.477 e. The van der Waals surface area contributed by atoms with Gasteiger partial charge in [0.15, 0.2) is 0 Å². The zero-order valence-corrected chi connectivity index (χ0v) is 19.4. The number of aromatic nitrogens is 2. The molecule has 1 fully saturated rings. The minimum absolute atomic E-state index is 0.125. The fraction of sp³-hybridized carbons (Fsp3) is 0.179. The number of nitrogens with zero attached hydrogens (tertiary/aromatic N) is 2. The van der Waals surface area contributed by atoms with E-state index >= 15 is 0 Å². The quantitative estimate of drug-likeness (QED) is 0.396. The zero-order valence-electron chi connectivity index (χ0n) is 19.4. The number of aliphatic carboxylic acids is 1. The van der Waals surface area contributed by atoms with Crippen LogP contribution in [-0.2, 0) is 20.7 Å². The Kier molecular flexibility index (Phi) is 6.62. The first-order valence-corrected chi connectivity index (χ1v) is 11.6.